The van der Waals surface area contributed by atoms with Crippen LogP contribution in [0.3, 0.4) is 0 Å². The summed E-state index contributed by atoms with van der Waals surface area (Å²) in [7, 11) is -4.64. The third kappa shape index (κ3) is 42.4. The van der Waals surface area contributed by atoms with E-state index in [2.05, 4.69) is 0 Å². The van der Waals surface area contributed by atoms with Gasteiger partial charge in [-0.05, 0) is 0 Å². The fraction of sp³-hybridized carbons (Fsp3) is 0. The molecule has 0 saturated heterocycles. The molecule has 33 valence electrons. The Kier molecular flexibility index (Phi) is 6.61. The van der Waals surface area contributed by atoms with Gasteiger partial charge in [-0.2, -0.15) is 0 Å². The molecule has 0 aromatic carbocycles. The summed E-state index contributed by atoms with van der Waals surface area (Å²) in [6.45, 7) is 0. The van der Waals surface area contributed by atoms with Gasteiger partial charge in [-0.3, -0.25) is 0 Å². The largest absolute Gasteiger partial charge is 0.466 e. The summed E-state index contributed by atoms with van der Waals surface area (Å²) in [5.41, 5.74) is 0. The van der Waals surface area contributed by atoms with Crippen LogP contribution in [0.5, 0.6) is 0 Å². The Morgan fingerprint density at radius 2 is 1.17 bits per heavy atom. The molecule has 0 amide bonds. The van der Waals surface area contributed by atoms with Crippen molar-refractivity contribution in [2.45, 2.75) is 0 Å². The van der Waals surface area contributed by atoms with Crippen LogP contribution in [0.1, 0.15) is 0 Å². The first kappa shape index (κ1) is 10.7. The first-order valence-corrected chi connectivity index (χ1v) is 2.35. The Balaban J connectivity index is 0. The average molecular weight is 137 g/mol. The van der Waals surface area contributed by atoms with Gasteiger partial charge in [-0.25, -0.2) is 4.57 Å². The molecule has 0 heterocycles. The minimum atomic E-state index is -4.64. The Morgan fingerprint density at radius 1 is 1.17 bits per heavy atom. The minimum Gasteiger partial charge on any atom is -0.303 e. The van der Waals surface area contributed by atoms with Gasteiger partial charge in [-0.1, -0.05) is 0 Å². The molecule has 0 saturated carbocycles. The maximum absolute atomic E-state index is 8.88. The molecule has 0 spiro atoms. The average Bonchev–Trinajstić information content (AvgIpc) is 0.722. The van der Waals surface area contributed by atoms with E-state index in [1.165, 1.54) is 0 Å². The molecule has 1 radical (unpaired) electrons. The van der Waals surface area contributed by atoms with Crippen LogP contribution in [-0.4, -0.2) is 66.1 Å². The second-order valence-corrected chi connectivity index (χ2v) is 1.54. The minimum absolute atomic E-state index is 0. The predicted molar refractivity (Wildman–Crippen MR) is 20.0 cm³/mol. The maximum atomic E-state index is 8.88. The molecule has 6 heteroatoms. The Morgan fingerprint density at radius 3 is 1.17 bits per heavy atom. The van der Waals surface area contributed by atoms with Crippen LogP contribution in [0.2, 0.25) is 0 Å². The molecular weight excluding hydrogens is 134 g/mol. The molecule has 0 rings (SSSR count). The van der Waals surface area contributed by atoms with Gasteiger partial charge in [0.15, 0.2) is 0 Å². The molecule has 0 aliphatic carbocycles. The van der Waals surface area contributed by atoms with Crippen molar-refractivity contribution in [1.82, 2.24) is 0 Å². The zero-order valence-electron chi connectivity index (χ0n) is 3.20. The molecule has 3 N–H and O–H groups in total. The van der Waals surface area contributed by atoms with Gasteiger partial charge in [0.25, 0.3) is 0 Å². The number of phosphoric acid groups is 1. The van der Waals surface area contributed by atoms with Gasteiger partial charge in [-0.15, -0.1) is 0 Å². The normalized spacial score (nSPS) is 9.83. The second kappa shape index (κ2) is 3.71. The van der Waals surface area contributed by atoms with Crippen LogP contribution in [0.4, 0.5) is 0 Å². The van der Waals surface area contributed by atoms with Gasteiger partial charge in [0, 0.05) is 51.4 Å². The summed E-state index contributed by atoms with van der Waals surface area (Å²) in [5.74, 6) is 0. The molecule has 0 bridgehead atoms. The predicted octanol–water partition coefficient (Wildman–Crippen LogP) is -1.31. The second-order valence-electron chi connectivity index (χ2n) is 0.513. The molecule has 0 aromatic rings. The van der Waals surface area contributed by atoms with Gasteiger partial charge >= 0.3 is 7.82 Å². The smallest absolute Gasteiger partial charge is 0.303 e. The van der Waals surface area contributed by atoms with Crippen molar-refractivity contribution in [3.63, 3.8) is 0 Å². The first-order chi connectivity index (χ1) is 2.00. The zero-order valence-corrected chi connectivity index (χ0v) is 7.21. The fourth-order valence-electron chi connectivity index (χ4n) is 0. The van der Waals surface area contributed by atoms with E-state index < -0.39 is 7.82 Å². The van der Waals surface area contributed by atoms with Crippen molar-refractivity contribution in [3.05, 3.63) is 0 Å². The van der Waals surface area contributed by atoms with E-state index in [1.54, 1.807) is 0 Å². The molecule has 0 unspecified atom stereocenters. The molecule has 0 aromatic heterocycles. The molecule has 6 heavy (non-hydrogen) atoms. The summed E-state index contributed by atoms with van der Waals surface area (Å²) >= 11 is 0. The number of hydrogen-bond donors (Lipinski definition) is 3. The summed E-state index contributed by atoms with van der Waals surface area (Å²) in [5, 5.41) is 0. The van der Waals surface area contributed by atoms with Crippen molar-refractivity contribution in [2.75, 3.05) is 0 Å². The van der Waals surface area contributed by atoms with Crippen LogP contribution in [0, 0.1) is 0 Å². The number of rotatable bonds is 0. The Bertz CT molecular complexity index is 53.7. The van der Waals surface area contributed by atoms with Crippen LogP contribution < -0.4 is 0 Å². The van der Waals surface area contributed by atoms with E-state index in [4.69, 9.17) is 19.2 Å². The first-order valence-electron chi connectivity index (χ1n) is 0.783. The molecular formula is H3KO4P. The quantitative estimate of drug-likeness (QED) is 0.286. The van der Waals surface area contributed by atoms with E-state index in [-0.39, 0.29) is 51.4 Å². The van der Waals surface area contributed by atoms with Crippen LogP contribution in [-0.2, 0) is 4.57 Å². The van der Waals surface area contributed by atoms with E-state index >= 15 is 0 Å². The Labute approximate surface area is 77.2 Å². The standard InChI is InChI=1S/K.H3O4P/c;1-5(2,3)4/h;(H3,1,2,3,4). The molecule has 0 aliphatic rings. The summed E-state index contributed by atoms with van der Waals surface area (Å²) in [4.78, 5) is 21.6. The van der Waals surface area contributed by atoms with E-state index in [1.807, 2.05) is 0 Å². The van der Waals surface area contributed by atoms with Crippen molar-refractivity contribution in [3.8, 4) is 0 Å². The Hall–Kier alpha value is 1.75. The molecule has 0 atom stereocenters. The third-order valence-electron chi connectivity index (χ3n) is 0. The summed E-state index contributed by atoms with van der Waals surface area (Å²) < 4.78 is 8.88. The zero-order chi connectivity index (χ0) is 4.50. The van der Waals surface area contributed by atoms with Crippen LogP contribution in [0.15, 0.2) is 0 Å². The van der Waals surface area contributed by atoms with Crippen molar-refractivity contribution < 1.29 is 19.2 Å². The molecule has 0 aliphatic heterocycles. The maximum Gasteiger partial charge on any atom is 0.466 e. The van der Waals surface area contributed by atoms with Gasteiger partial charge in [0.1, 0.15) is 0 Å². The van der Waals surface area contributed by atoms with E-state index in [9.17, 15) is 0 Å². The van der Waals surface area contributed by atoms with E-state index in [0.29, 0.717) is 0 Å². The van der Waals surface area contributed by atoms with Crippen molar-refractivity contribution in [2.24, 2.45) is 0 Å². The topological polar surface area (TPSA) is 77.8 Å². The number of hydrogen-bond acceptors (Lipinski definition) is 1. The third-order valence-corrected chi connectivity index (χ3v) is 0. The summed E-state index contributed by atoms with van der Waals surface area (Å²) in [6, 6.07) is 0. The van der Waals surface area contributed by atoms with Crippen LogP contribution >= 0.6 is 7.82 Å². The van der Waals surface area contributed by atoms with Crippen molar-refractivity contribution >= 4 is 59.2 Å². The van der Waals surface area contributed by atoms with Crippen molar-refractivity contribution in [1.29, 1.82) is 0 Å². The summed E-state index contributed by atoms with van der Waals surface area (Å²) in [6.07, 6.45) is 0. The van der Waals surface area contributed by atoms with Crippen LogP contribution in [0.25, 0.3) is 0 Å². The monoisotopic (exact) mass is 137 g/mol. The SMILES string of the molecule is O=P(O)(O)O.[K]. The van der Waals surface area contributed by atoms with Gasteiger partial charge in [0.2, 0.25) is 0 Å². The van der Waals surface area contributed by atoms with Gasteiger partial charge < -0.3 is 14.7 Å². The van der Waals surface area contributed by atoms with Gasteiger partial charge in [0.05, 0.1) is 0 Å². The fourth-order valence-corrected chi connectivity index (χ4v) is 0. The molecule has 0 fully saturated rings. The molecule has 4 nitrogen and oxygen atoms in total. The van der Waals surface area contributed by atoms with E-state index in [0.717, 1.165) is 0 Å².